The summed E-state index contributed by atoms with van der Waals surface area (Å²) in [6.07, 6.45) is 21.4. The second kappa shape index (κ2) is 26.6. The predicted octanol–water partition coefficient (Wildman–Crippen LogP) is 7.44. The SMILES string of the molecule is CCCCCCCC/C=C\CCCCCCCC(=O)OOC(C)C.CCOC(=O)CC(C)=O. The maximum atomic E-state index is 11.3. The van der Waals surface area contributed by atoms with Crippen molar-refractivity contribution in [2.45, 2.75) is 137 Å². The number of carbonyl (C=O) groups is 3. The second-order valence-corrected chi connectivity index (χ2v) is 8.62. The largest absolute Gasteiger partial charge is 0.466 e. The highest BCUT2D eigenvalue weighted by atomic mass is 17.2. The molecule has 6 nitrogen and oxygen atoms in total. The molecule has 0 radical (unpaired) electrons. The first kappa shape index (κ1) is 33.5. The number of Topliss-reactive ketones (excluding diaryl/α,β-unsaturated/α-hetero) is 1. The van der Waals surface area contributed by atoms with Gasteiger partial charge in [-0.25, -0.2) is 4.79 Å². The summed E-state index contributed by atoms with van der Waals surface area (Å²) in [6.45, 7) is 9.35. The summed E-state index contributed by atoms with van der Waals surface area (Å²) < 4.78 is 4.49. The third-order valence-electron chi connectivity index (χ3n) is 4.67. The van der Waals surface area contributed by atoms with Crippen molar-refractivity contribution in [2.24, 2.45) is 0 Å². The molecule has 0 saturated carbocycles. The molecule has 0 spiro atoms. The molecule has 0 aromatic rings. The van der Waals surface area contributed by atoms with Crippen LogP contribution in [0.3, 0.4) is 0 Å². The fraction of sp³-hybridized carbons (Fsp3) is 0.815. The van der Waals surface area contributed by atoms with Crippen LogP contribution >= 0.6 is 0 Å². The van der Waals surface area contributed by atoms with E-state index in [4.69, 9.17) is 4.89 Å². The van der Waals surface area contributed by atoms with E-state index in [1.54, 1.807) is 6.92 Å². The van der Waals surface area contributed by atoms with Crippen LogP contribution in [0, 0.1) is 0 Å². The number of unbranched alkanes of at least 4 members (excludes halogenated alkanes) is 11. The lowest BCUT2D eigenvalue weighted by Crippen LogP contribution is -2.10. The third-order valence-corrected chi connectivity index (χ3v) is 4.67. The summed E-state index contributed by atoms with van der Waals surface area (Å²) in [5, 5.41) is 0. The lowest BCUT2D eigenvalue weighted by atomic mass is 10.1. The van der Waals surface area contributed by atoms with Gasteiger partial charge in [0.05, 0.1) is 12.7 Å². The Morgan fingerprint density at radius 3 is 1.73 bits per heavy atom. The number of ketones is 1. The zero-order valence-corrected chi connectivity index (χ0v) is 22.0. The molecule has 0 saturated heterocycles. The average molecular weight is 471 g/mol. The quantitative estimate of drug-likeness (QED) is 0.0459. The van der Waals surface area contributed by atoms with Gasteiger partial charge in [-0.05, 0) is 59.8 Å². The number of rotatable bonds is 20. The van der Waals surface area contributed by atoms with Crippen molar-refractivity contribution in [1.82, 2.24) is 0 Å². The van der Waals surface area contributed by atoms with Gasteiger partial charge >= 0.3 is 11.9 Å². The van der Waals surface area contributed by atoms with Crippen LogP contribution < -0.4 is 0 Å². The van der Waals surface area contributed by atoms with Gasteiger partial charge in [0.25, 0.3) is 0 Å². The Hall–Kier alpha value is -1.69. The normalized spacial score (nSPS) is 10.7. The van der Waals surface area contributed by atoms with Crippen LogP contribution in [-0.2, 0) is 28.9 Å². The van der Waals surface area contributed by atoms with Crippen LogP contribution in [0.2, 0.25) is 0 Å². The Bertz CT molecular complexity index is 499. The molecule has 0 aromatic carbocycles. The van der Waals surface area contributed by atoms with Gasteiger partial charge in [-0.2, -0.15) is 4.89 Å². The molecule has 194 valence electrons. The summed E-state index contributed by atoms with van der Waals surface area (Å²) in [5.41, 5.74) is 0. The van der Waals surface area contributed by atoms with Gasteiger partial charge in [0.2, 0.25) is 0 Å². The maximum Gasteiger partial charge on any atom is 0.342 e. The van der Waals surface area contributed by atoms with Crippen molar-refractivity contribution in [2.75, 3.05) is 6.61 Å². The van der Waals surface area contributed by atoms with Gasteiger partial charge in [0.1, 0.15) is 12.2 Å². The molecular formula is C27H50O6. The van der Waals surface area contributed by atoms with E-state index in [1.807, 2.05) is 13.8 Å². The van der Waals surface area contributed by atoms with Gasteiger partial charge in [-0.15, -0.1) is 0 Å². The van der Waals surface area contributed by atoms with Gasteiger partial charge in [0, 0.05) is 6.42 Å². The highest BCUT2D eigenvalue weighted by Crippen LogP contribution is 2.10. The van der Waals surface area contributed by atoms with Crippen LogP contribution in [0.1, 0.15) is 131 Å². The molecule has 0 unspecified atom stereocenters. The molecule has 0 heterocycles. The van der Waals surface area contributed by atoms with Crippen LogP contribution in [-0.4, -0.2) is 30.4 Å². The van der Waals surface area contributed by atoms with Crippen LogP contribution in [0.4, 0.5) is 0 Å². The van der Waals surface area contributed by atoms with E-state index in [9.17, 15) is 14.4 Å². The molecule has 0 atom stereocenters. The molecule has 0 aliphatic rings. The van der Waals surface area contributed by atoms with E-state index in [1.165, 1.54) is 77.6 Å². The van der Waals surface area contributed by atoms with E-state index >= 15 is 0 Å². The molecule has 0 aromatic heterocycles. The van der Waals surface area contributed by atoms with Gasteiger partial charge in [-0.1, -0.05) is 70.4 Å². The van der Waals surface area contributed by atoms with Crippen molar-refractivity contribution in [3.63, 3.8) is 0 Å². The van der Waals surface area contributed by atoms with Crippen molar-refractivity contribution in [1.29, 1.82) is 0 Å². The summed E-state index contributed by atoms with van der Waals surface area (Å²) in [7, 11) is 0. The maximum absolute atomic E-state index is 11.3. The number of ether oxygens (including phenoxy) is 1. The minimum absolute atomic E-state index is 0.0666. The van der Waals surface area contributed by atoms with Crippen molar-refractivity contribution < 1.29 is 28.9 Å². The molecule has 0 aliphatic carbocycles. The standard InChI is InChI=1S/C21H40O3.C6H10O3/c1-4-5-6-7-8-9-10-11-12-13-14-15-16-17-18-19-21(22)24-23-20(2)3;1-3-9-6(8)4-5(2)7/h11-12,20H,4-10,13-19H2,1-3H3;3-4H2,1-2H3/b12-11-;. The van der Waals surface area contributed by atoms with E-state index in [0.29, 0.717) is 13.0 Å². The summed E-state index contributed by atoms with van der Waals surface area (Å²) in [4.78, 5) is 41.5. The first-order chi connectivity index (χ1) is 15.8. The summed E-state index contributed by atoms with van der Waals surface area (Å²) in [6, 6.07) is 0. The lowest BCUT2D eigenvalue weighted by Gasteiger charge is -2.05. The summed E-state index contributed by atoms with van der Waals surface area (Å²) in [5.74, 6) is -0.847. The minimum Gasteiger partial charge on any atom is -0.466 e. The molecule has 0 fully saturated rings. The van der Waals surface area contributed by atoms with E-state index in [0.717, 1.165) is 12.8 Å². The smallest absolute Gasteiger partial charge is 0.342 e. The molecule has 0 N–H and O–H groups in total. The fourth-order valence-corrected chi connectivity index (χ4v) is 2.95. The van der Waals surface area contributed by atoms with Crippen molar-refractivity contribution in [3.05, 3.63) is 12.2 Å². The summed E-state index contributed by atoms with van der Waals surface area (Å²) >= 11 is 0. The second-order valence-electron chi connectivity index (χ2n) is 8.62. The fourth-order valence-electron chi connectivity index (χ4n) is 2.95. The minimum atomic E-state index is -0.440. The zero-order chi connectivity index (χ0) is 25.2. The van der Waals surface area contributed by atoms with Gasteiger partial charge in [-0.3, -0.25) is 14.5 Å². The number of hydrogen-bond acceptors (Lipinski definition) is 6. The van der Waals surface area contributed by atoms with Crippen LogP contribution in [0.15, 0.2) is 12.2 Å². The molecule has 33 heavy (non-hydrogen) atoms. The Morgan fingerprint density at radius 2 is 1.24 bits per heavy atom. The van der Waals surface area contributed by atoms with Crippen molar-refractivity contribution >= 4 is 17.7 Å². The number of hydrogen-bond donors (Lipinski definition) is 0. The lowest BCUT2D eigenvalue weighted by molar-refractivity contribution is -0.291. The molecular weight excluding hydrogens is 420 g/mol. The predicted molar refractivity (Wildman–Crippen MR) is 134 cm³/mol. The number of carbonyl (C=O) groups excluding carboxylic acids is 3. The van der Waals surface area contributed by atoms with E-state index < -0.39 is 5.97 Å². The van der Waals surface area contributed by atoms with E-state index in [-0.39, 0.29) is 24.3 Å². The Balaban J connectivity index is 0. The third kappa shape index (κ3) is 32.6. The Labute approximate surface area is 202 Å². The number of esters is 1. The first-order valence-corrected chi connectivity index (χ1v) is 13.0. The molecule has 0 aliphatic heterocycles. The highest BCUT2D eigenvalue weighted by molar-refractivity contribution is 5.94. The average Bonchev–Trinajstić information content (AvgIpc) is 2.75. The highest BCUT2D eigenvalue weighted by Gasteiger charge is 2.05. The van der Waals surface area contributed by atoms with Crippen LogP contribution in [0.25, 0.3) is 0 Å². The zero-order valence-electron chi connectivity index (χ0n) is 22.0. The first-order valence-electron chi connectivity index (χ1n) is 13.0. The van der Waals surface area contributed by atoms with Gasteiger partial charge in [0.15, 0.2) is 0 Å². The Kier molecular flexibility index (Phi) is 27.0. The van der Waals surface area contributed by atoms with Gasteiger partial charge < -0.3 is 4.74 Å². The monoisotopic (exact) mass is 470 g/mol. The van der Waals surface area contributed by atoms with Crippen molar-refractivity contribution in [3.8, 4) is 0 Å². The van der Waals surface area contributed by atoms with Crippen LogP contribution in [0.5, 0.6) is 0 Å². The van der Waals surface area contributed by atoms with E-state index in [2.05, 4.69) is 28.7 Å². The topological polar surface area (TPSA) is 78.9 Å². The molecule has 0 amide bonds. The Morgan fingerprint density at radius 1 is 0.727 bits per heavy atom. The molecule has 6 heteroatoms. The molecule has 0 rings (SSSR count). The molecule has 0 bridgehead atoms. The number of allylic oxidation sites excluding steroid dienone is 2.